The number of rotatable bonds is 8. The molecule has 4 atom stereocenters. The first-order chi connectivity index (χ1) is 21.8. The number of aromatic nitrogens is 2. The molecule has 15 heteroatoms. The number of methoxy groups -OCH3 is 1. The summed E-state index contributed by atoms with van der Waals surface area (Å²) in [7, 11) is -4.56. The quantitative estimate of drug-likeness (QED) is 0.212. The van der Waals surface area contributed by atoms with Crippen molar-refractivity contribution in [2.45, 2.75) is 69.2 Å². The average molecular weight is 662 g/mol. The zero-order valence-electron chi connectivity index (χ0n) is 25.3. The van der Waals surface area contributed by atoms with E-state index >= 15 is 0 Å². The molecule has 3 aromatic rings. The average Bonchev–Trinajstić information content (AvgIpc) is 3.83. The van der Waals surface area contributed by atoms with Crippen molar-refractivity contribution >= 4 is 22.1 Å². The van der Waals surface area contributed by atoms with E-state index in [0.29, 0.717) is 30.8 Å². The van der Waals surface area contributed by atoms with Crippen molar-refractivity contribution in [1.82, 2.24) is 25.5 Å². The first-order valence-electron chi connectivity index (χ1n) is 15.0. The van der Waals surface area contributed by atoms with Crippen LogP contribution in [0.5, 0.6) is 5.75 Å². The highest BCUT2D eigenvalue weighted by molar-refractivity contribution is 7.88. The SMILES string of the molecule is COC(=O)N[C@H](C(=O)N1CCC[C@H]1c1ncc(-c2ccc(-c3ccc(OS(=O)(=O)C(F)(F)F)c4c3C3CCC4N3)cc2)[nH]1)C(C)C. The molecule has 0 spiro atoms. The summed E-state index contributed by atoms with van der Waals surface area (Å²) >= 11 is 0. The maximum atomic E-state index is 13.5. The Labute approximate surface area is 264 Å². The van der Waals surface area contributed by atoms with Gasteiger partial charge in [0.1, 0.15) is 17.6 Å². The predicted octanol–water partition coefficient (Wildman–Crippen LogP) is 5.50. The Morgan fingerprint density at radius 2 is 1.70 bits per heavy atom. The van der Waals surface area contributed by atoms with Gasteiger partial charge in [0.15, 0.2) is 0 Å². The molecule has 2 saturated heterocycles. The fraction of sp³-hybridized carbons (Fsp3) is 0.452. The lowest BCUT2D eigenvalue weighted by atomic mass is 9.85. The molecule has 3 N–H and O–H groups in total. The van der Waals surface area contributed by atoms with Gasteiger partial charge in [0.25, 0.3) is 0 Å². The third kappa shape index (κ3) is 5.70. The molecule has 6 rings (SSSR count). The number of nitrogens with zero attached hydrogens (tertiary/aromatic N) is 2. The molecule has 2 aromatic carbocycles. The van der Waals surface area contributed by atoms with Gasteiger partial charge in [0, 0.05) is 24.2 Å². The number of imidazole rings is 1. The highest BCUT2D eigenvalue weighted by Gasteiger charge is 2.50. The minimum absolute atomic E-state index is 0.128. The second kappa shape index (κ2) is 11.9. The van der Waals surface area contributed by atoms with Crippen molar-refractivity contribution < 1.29 is 40.1 Å². The second-order valence-electron chi connectivity index (χ2n) is 12.1. The second-order valence-corrected chi connectivity index (χ2v) is 13.6. The highest BCUT2D eigenvalue weighted by atomic mass is 32.2. The largest absolute Gasteiger partial charge is 0.534 e. The van der Waals surface area contributed by atoms with Gasteiger partial charge < -0.3 is 29.4 Å². The van der Waals surface area contributed by atoms with Gasteiger partial charge in [-0.1, -0.05) is 44.2 Å². The van der Waals surface area contributed by atoms with E-state index in [1.54, 1.807) is 17.2 Å². The van der Waals surface area contributed by atoms with Crippen LogP contribution in [0.1, 0.15) is 74.6 Å². The number of H-pyrrole nitrogens is 1. The number of carbonyl (C=O) groups excluding carboxylic acids is 2. The van der Waals surface area contributed by atoms with Crippen molar-refractivity contribution in [3.8, 4) is 28.1 Å². The number of aromatic amines is 1. The number of alkyl halides is 3. The first-order valence-corrected chi connectivity index (χ1v) is 16.4. The minimum Gasteiger partial charge on any atom is -0.453 e. The van der Waals surface area contributed by atoms with Crippen LogP contribution in [0.2, 0.25) is 0 Å². The van der Waals surface area contributed by atoms with E-state index in [1.165, 1.54) is 13.2 Å². The number of amides is 2. The molecule has 3 aliphatic heterocycles. The van der Waals surface area contributed by atoms with E-state index in [2.05, 4.69) is 24.8 Å². The molecule has 246 valence electrons. The summed E-state index contributed by atoms with van der Waals surface area (Å²) in [5.74, 6) is -0.0249. The normalized spacial score (nSPS) is 21.4. The lowest BCUT2D eigenvalue weighted by Crippen LogP contribution is -2.51. The molecule has 2 fully saturated rings. The summed E-state index contributed by atoms with van der Waals surface area (Å²) in [4.78, 5) is 35.0. The van der Waals surface area contributed by atoms with Gasteiger partial charge in [0.2, 0.25) is 5.91 Å². The number of ether oxygens (including phenoxy) is 1. The summed E-state index contributed by atoms with van der Waals surface area (Å²) < 4.78 is 72.1. The molecule has 0 aliphatic carbocycles. The van der Waals surface area contributed by atoms with E-state index in [-0.39, 0.29) is 35.7 Å². The topological polar surface area (TPSA) is 143 Å². The fourth-order valence-electron chi connectivity index (χ4n) is 6.71. The number of benzene rings is 2. The Balaban J connectivity index is 1.23. The molecular formula is C31H34F3N5O6S. The summed E-state index contributed by atoms with van der Waals surface area (Å²) in [5, 5.41) is 5.99. The van der Waals surface area contributed by atoms with Gasteiger partial charge >= 0.3 is 21.7 Å². The lowest BCUT2D eigenvalue weighted by molar-refractivity contribution is -0.135. The number of fused-ring (bicyclic) bond motifs is 5. The van der Waals surface area contributed by atoms with Crippen molar-refractivity contribution in [2.24, 2.45) is 5.92 Å². The summed E-state index contributed by atoms with van der Waals surface area (Å²) in [5.41, 5.74) is -1.18. The lowest BCUT2D eigenvalue weighted by Gasteiger charge is -2.30. The number of halogens is 3. The third-order valence-corrected chi connectivity index (χ3v) is 9.88. The van der Waals surface area contributed by atoms with Crippen LogP contribution in [-0.4, -0.2) is 60.5 Å². The molecule has 3 aliphatic rings. The summed E-state index contributed by atoms with van der Waals surface area (Å²) in [6.45, 7) is 4.25. The van der Waals surface area contributed by atoms with Crippen LogP contribution in [0.15, 0.2) is 42.6 Å². The van der Waals surface area contributed by atoms with E-state index in [4.69, 9.17) is 4.74 Å². The highest BCUT2D eigenvalue weighted by Crippen LogP contribution is 2.53. The Morgan fingerprint density at radius 1 is 1.02 bits per heavy atom. The molecule has 1 aromatic heterocycles. The van der Waals surface area contributed by atoms with Crippen LogP contribution >= 0.6 is 0 Å². The van der Waals surface area contributed by atoms with Crippen LogP contribution in [0.3, 0.4) is 0 Å². The molecule has 4 heterocycles. The minimum atomic E-state index is -5.81. The molecule has 0 saturated carbocycles. The smallest absolute Gasteiger partial charge is 0.453 e. The summed E-state index contributed by atoms with van der Waals surface area (Å²) in [6, 6.07) is 9.00. The Morgan fingerprint density at radius 3 is 2.35 bits per heavy atom. The zero-order chi connectivity index (χ0) is 33.0. The standard InChI is InChI=1S/C31H34F3N5O6S/c1-16(2)27(38-30(41)44-3)29(40)39-14-4-5-23(39)28-35-15-22(37-28)18-8-6-17(7-9-18)19-10-13-24(45-46(42,43)31(32,33)34)26-21-12-11-20(36-21)25(19)26/h6-10,13,15-16,20-21,23,27,36H,4-5,11-12,14H2,1-3H3,(H,35,37)(H,38,41)/t20?,21?,23-,27-/m0/s1. The number of nitrogens with one attached hydrogen (secondary N) is 3. The molecule has 2 bridgehead atoms. The fourth-order valence-corrected chi connectivity index (χ4v) is 7.19. The molecular weight excluding hydrogens is 627 g/mol. The van der Waals surface area contributed by atoms with E-state index in [0.717, 1.165) is 40.8 Å². The number of likely N-dealkylation sites (tertiary alicyclic amines) is 1. The Kier molecular flexibility index (Phi) is 8.25. The van der Waals surface area contributed by atoms with Gasteiger partial charge in [-0.25, -0.2) is 9.78 Å². The number of hydrogen-bond donors (Lipinski definition) is 3. The van der Waals surface area contributed by atoms with Crippen molar-refractivity contribution in [2.75, 3.05) is 13.7 Å². The van der Waals surface area contributed by atoms with E-state index in [1.807, 2.05) is 38.1 Å². The first kappa shape index (κ1) is 31.9. The van der Waals surface area contributed by atoms with Crippen LogP contribution in [0.25, 0.3) is 22.4 Å². The monoisotopic (exact) mass is 661 g/mol. The number of alkyl carbamates (subject to hydrolysis) is 1. The van der Waals surface area contributed by atoms with Gasteiger partial charge in [-0.3, -0.25) is 4.79 Å². The van der Waals surface area contributed by atoms with Crippen molar-refractivity contribution in [3.63, 3.8) is 0 Å². The molecule has 46 heavy (non-hydrogen) atoms. The van der Waals surface area contributed by atoms with Crippen molar-refractivity contribution in [1.29, 1.82) is 0 Å². The van der Waals surface area contributed by atoms with Gasteiger partial charge in [-0.2, -0.15) is 21.6 Å². The van der Waals surface area contributed by atoms with Crippen LogP contribution in [-0.2, 0) is 19.6 Å². The molecule has 2 amide bonds. The summed E-state index contributed by atoms with van der Waals surface area (Å²) in [6.07, 6.45) is 3.97. The predicted molar refractivity (Wildman–Crippen MR) is 161 cm³/mol. The Bertz CT molecular complexity index is 1760. The van der Waals surface area contributed by atoms with E-state index in [9.17, 15) is 31.2 Å². The van der Waals surface area contributed by atoms with E-state index < -0.39 is 27.8 Å². The van der Waals surface area contributed by atoms with Gasteiger partial charge in [0.05, 0.1) is 25.0 Å². The number of hydrogen-bond acceptors (Lipinski definition) is 8. The van der Waals surface area contributed by atoms with Crippen molar-refractivity contribution in [3.05, 3.63) is 59.5 Å². The molecule has 0 radical (unpaired) electrons. The maximum absolute atomic E-state index is 13.5. The number of carbonyl (C=O) groups is 2. The van der Waals surface area contributed by atoms with Crippen LogP contribution in [0.4, 0.5) is 18.0 Å². The zero-order valence-corrected chi connectivity index (χ0v) is 26.2. The van der Waals surface area contributed by atoms with Crippen LogP contribution in [0, 0.1) is 5.92 Å². The third-order valence-electron chi connectivity index (χ3n) is 8.92. The van der Waals surface area contributed by atoms with Gasteiger partial charge in [-0.05, 0) is 59.9 Å². The van der Waals surface area contributed by atoms with Crippen LogP contribution < -0.4 is 14.8 Å². The Hall–Kier alpha value is -4.11. The maximum Gasteiger partial charge on any atom is 0.534 e. The van der Waals surface area contributed by atoms with Gasteiger partial charge in [-0.15, -0.1) is 0 Å². The molecule has 2 unspecified atom stereocenters. The molecule has 11 nitrogen and oxygen atoms in total.